The third kappa shape index (κ3) is 17.2. The van der Waals surface area contributed by atoms with E-state index in [4.69, 9.17) is 0 Å². The summed E-state index contributed by atoms with van der Waals surface area (Å²) in [6, 6.07) is 66.1. The van der Waals surface area contributed by atoms with Crippen LogP contribution in [0.1, 0.15) is 186 Å². The van der Waals surface area contributed by atoms with Gasteiger partial charge in [-0.2, -0.15) is 9.15 Å². The fourth-order valence-electron chi connectivity index (χ4n) is 20.4. The summed E-state index contributed by atoms with van der Waals surface area (Å²) in [5, 5.41) is 5.48. The van der Waals surface area contributed by atoms with Crippen LogP contribution in [0.2, 0.25) is 0 Å². The van der Waals surface area contributed by atoms with Gasteiger partial charge in [-0.1, -0.05) is 169 Å². The number of aryl methyl sites for hydroxylation is 12. The second-order valence-electron chi connectivity index (χ2n) is 33.0. The van der Waals surface area contributed by atoms with Crippen molar-refractivity contribution in [1.29, 1.82) is 0 Å². The zero-order chi connectivity index (χ0) is 76.3. The summed E-state index contributed by atoms with van der Waals surface area (Å²) in [4.78, 5) is 4.97. The van der Waals surface area contributed by atoms with Gasteiger partial charge in [0.05, 0.1) is 0 Å². The number of nitrogens with zero attached hydrogens (tertiary/aromatic N) is 4. The molecule has 0 spiro atoms. The van der Waals surface area contributed by atoms with Gasteiger partial charge in [-0.3, -0.25) is 0 Å². The quantitative estimate of drug-likeness (QED) is 0.0705. The fraction of sp³-hybridized carbons (Fsp3) is 0.333. The molecule has 0 amide bonds. The molecule has 0 unspecified atom stereocenters. The Hall–Kier alpha value is -9.32. The van der Waals surface area contributed by atoms with Crippen LogP contribution >= 0.6 is 0 Å². The predicted octanol–water partition coefficient (Wildman–Crippen LogP) is 21.3. The number of benzene rings is 10. The molecule has 0 saturated heterocycles. The summed E-state index contributed by atoms with van der Waals surface area (Å²) >= 11 is 0. The van der Waals surface area contributed by atoms with Gasteiger partial charge in [0.25, 0.3) is 0 Å². The molecule has 572 valence electrons. The first-order chi connectivity index (χ1) is 52.8. The van der Waals surface area contributed by atoms with E-state index >= 15 is 0 Å². The van der Waals surface area contributed by atoms with Gasteiger partial charge >= 0.3 is 0 Å². The van der Waals surface area contributed by atoms with Crippen molar-refractivity contribution >= 4 is 78.2 Å². The summed E-state index contributed by atoms with van der Waals surface area (Å²) in [5.41, 5.74) is 39.0. The zero-order valence-corrected chi connectivity index (χ0v) is 70.8. The summed E-state index contributed by atoms with van der Waals surface area (Å²) in [5.74, 6) is 3.08. The minimum Gasteiger partial charge on any atom is -1.00 e. The van der Waals surface area contributed by atoms with Crippen LogP contribution in [0.3, 0.4) is 0 Å². The van der Waals surface area contributed by atoms with Crippen LogP contribution in [0, 0.1) is 107 Å². The second-order valence-corrected chi connectivity index (χ2v) is 33.0. The Bertz CT molecular complexity index is 4910. The number of anilines is 4. The van der Waals surface area contributed by atoms with E-state index in [0.29, 0.717) is 11.8 Å². The lowest BCUT2D eigenvalue weighted by atomic mass is 9.71. The predicted molar refractivity (Wildman–Crippen MR) is 471 cm³/mol. The molecule has 0 radical (unpaired) electrons. The Kier molecular flexibility index (Phi) is 26.0. The molecule has 14 rings (SSSR count). The highest BCUT2D eigenvalue weighted by molar-refractivity contribution is 6.08. The Morgan fingerprint density at radius 1 is 0.324 bits per heavy atom. The number of hydrogen-bond acceptors (Lipinski definition) is 2. The van der Waals surface area contributed by atoms with Crippen molar-refractivity contribution in [1.82, 2.24) is 0 Å². The monoisotopic (exact) mass is 1500 g/mol. The number of halogens is 2. The van der Waals surface area contributed by atoms with Crippen molar-refractivity contribution in [3.05, 3.63) is 330 Å². The van der Waals surface area contributed by atoms with Crippen molar-refractivity contribution in [2.45, 2.75) is 181 Å². The van der Waals surface area contributed by atoms with E-state index in [-0.39, 0.29) is 24.8 Å². The maximum atomic E-state index is 2.50. The number of hydrogen-bond donors (Lipinski definition) is 0. The molecule has 0 aliphatic heterocycles. The van der Waals surface area contributed by atoms with Crippen molar-refractivity contribution in [2.75, 3.05) is 36.0 Å². The summed E-state index contributed by atoms with van der Waals surface area (Å²) in [6.07, 6.45) is 33.4. The fourth-order valence-corrected chi connectivity index (χ4v) is 20.4. The third-order valence-electron chi connectivity index (χ3n) is 24.9. The van der Waals surface area contributed by atoms with Gasteiger partial charge in [-0.15, -0.1) is 0 Å². The van der Waals surface area contributed by atoms with Gasteiger partial charge < -0.3 is 34.6 Å². The SMILES string of the molecule is CCN(c1ccc(C(=C2C=CC(=[N+](CC)c3c(C)cc(C)cc3C)C=C2)c2ccc(CC3CCC(CC4CCC(Cc5ccc(C(=C6C=CC(=[N+](CC)c7c(C)cc(C)cc7C)C=C6)c6ccc(N(CC)c7c(C)cc(C)cc7C)cc6)c6ccccc56)CC4)CC3)c3ccccc23)cc1)c1c(C)cc(C)cc1C.[Cl-].[Cl-]. The van der Waals surface area contributed by atoms with E-state index in [0.717, 1.165) is 50.9 Å². The maximum absolute atomic E-state index is 2.50. The Balaban J connectivity index is 0.00000572. The smallest absolute Gasteiger partial charge is 0.211 e. The van der Waals surface area contributed by atoms with Crippen molar-refractivity contribution in [3.8, 4) is 0 Å². The van der Waals surface area contributed by atoms with Crippen LogP contribution in [0.15, 0.2) is 230 Å². The Labute approximate surface area is 678 Å². The molecule has 0 aromatic heterocycles. The number of allylic oxidation sites excluding steroid dienone is 10. The minimum absolute atomic E-state index is 0. The van der Waals surface area contributed by atoms with Crippen LogP contribution in [0.5, 0.6) is 0 Å². The summed E-state index contributed by atoms with van der Waals surface area (Å²) < 4.78 is 4.97. The van der Waals surface area contributed by atoms with Crippen LogP contribution in [-0.2, 0) is 12.8 Å². The standard InChI is InChI=1S/C105H118N4.2ClH/c1-17-106(102-72(9)57-68(5)58-73(102)10)90-47-37-84(38-48-90)100(85-39-49-91(50-40-85)107(18-2)103-74(11)59-69(6)60-75(103)12)98-55-45-88(94-25-21-23-27-96(94)98)66-82-33-29-80(30-34-82)65-81-31-35-83(36-32-81)67-89-46-56-99(97-28-24-22-26-95(89)97)101(86-41-51-92(52-42-86)108(19-3)104-76(13)61-70(7)62-77(104)14)87-43-53-93(54-44-87)109(20-4)105-78(15)63-71(8)64-79(105)16;;/h21-28,37-64,80-83H,17-20,29-36,65-67H2,1-16H3;2*1H/q+2;;/p-2. The normalized spacial score (nSPS) is 16.8. The maximum Gasteiger partial charge on any atom is 0.211 e. The van der Waals surface area contributed by atoms with Crippen LogP contribution in [0.4, 0.5) is 34.1 Å². The van der Waals surface area contributed by atoms with Crippen molar-refractivity contribution in [2.24, 2.45) is 23.7 Å². The number of rotatable bonds is 20. The molecule has 2 saturated carbocycles. The molecule has 4 aliphatic carbocycles. The molecule has 111 heavy (non-hydrogen) atoms. The van der Waals surface area contributed by atoms with Gasteiger partial charge in [0.1, 0.15) is 13.1 Å². The summed E-state index contributed by atoms with van der Waals surface area (Å²) in [6.45, 7) is 39.5. The van der Waals surface area contributed by atoms with E-state index in [1.807, 2.05) is 0 Å². The topological polar surface area (TPSA) is 12.5 Å². The largest absolute Gasteiger partial charge is 1.00 e. The van der Waals surface area contributed by atoms with Gasteiger partial charge in [-0.05, 0) is 352 Å². The molecule has 4 aliphatic rings. The highest BCUT2D eigenvalue weighted by Gasteiger charge is 2.31. The van der Waals surface area contributed by atoms with Crippen LogP contribution < -0.4 is 34.6 Å². The molecule has 0 heterocycles. The van der Waals surface area contributed by atoms with Gasteiger partial charge in [0, 0.05) is 82.4 Å². The molecule has 6 heteroatoms. The first kappa shape index (κ1) is 81.2. The van der Waals surface area contributed by atoms with E-state index < -0.39 is 0 Å². The average Bonchev–Trinajstić information content (AvgIpc) is 0.766. The molecule has 0 atom stereocenters. The molecule has 4 nitrogen and oxygen atoms in total. The zero-order valence-electron chi connectivity index (χ0n) is 69.2. The van der Waals surface area contributed by atoms with Crippen LogP contribution in [0.25, 0.3) is 32.7 Å². The molecule has 10 aromatic carbocycles. The number of fused-ring (bicyclic) bond motifs is 2. The van der Waals surface area contributed by atoms with Gasteiger partial charge in [-0.25, -0.2) is 0 Å². The Morgan fingerprint density at radius 2 is 0.613 bits per heavy atom. The van der Waals surface area contributed by atoms with Gasteiger partial charge in [0.2, 0.25) is 22.8 Å². The van der Waals surface area contributed by atoms with Gasteiger partial charge in [0.15, 0.2) is 0 Å². The molecular weight excluding hydrogens is 1390 g/mol. The highest BCUT2D eigenvalue weighted by atomic mass is 35.5. The lowest BCUT2D eigenvalue weighted by Gasteiger charge is -2.34. The molecule has 0 N–H and O–H groups in total. The van der Waals surface area contributed by atoms with Crippen molar-refractivity contribution < 1.29 is 34.0 Å². The highest BCUT2D eigenvalue weighted by Crippen LogP contribution is 2.46. The lowest BCUT2D eigenvalue weighted by Crippen LogP contribution is -3.00. The lowest BCUT2D eigenvalue weighted by molar-refractivity contribution is -0.435. The van der Waals surface area contributed by atoms with E-state index in [1.54, 1.807) is 0 Å². The summed E-state index contributed by atoms with van der Waals surface area (Å²) in [7, 11) is 0. The first-order valence-electron chi connectivity index (χ1n) is 41.4. The Morgan fingerprint density at radius 3 is 0.910 bits per heavy atom. The minimum atomic E-state index is 0. The van der Waals surface area contributed by atoms with Crippen molar-refractivity contribution in [3.63, 3.8) is 0 Å². The molecule has 10 aromatic rings. The molecule has 2 fully saturated rings. The third-order valence-corrected chi connectivity index (χ3v) is 24.9. The van der Waals surface area contributed by atoms with E-state index in [1.165, 1.54) is 247 Å². The van der Waals surface area contributed by atoms with E-state index in [2.05, 4.69) is 348 Å². The average molecular weight is 1510 g/mol. The molecule has 0 bridgehead atoms. The van der Waals surface area contributed by atoms with E-state index in [9.17, 15) is 0 Å². The molecular formula is C105H118Cl2N4. The first-order valence-corrected chi connectivity index (χ1v) is 41.4. The second kappa shape index (κ2) is 35.6. The van der Waals surface area contributed by atoms with Crippen LogP contribution in [-0.4, -0.2) is 46.8 Å².